The van der Waals surface area contributed by atoms with Gasteiger partial charge in [0.2, 0.25) is 10.0 Å². The maximum atomic E-state index is 12.6. The topological polar surface area (TPSA) is 91.9 Å². The van der Waals surface area contributed by atoms with Crippen LogP contribution >= 0.6 is 0 Å². The second-order valence-electron chi connectivity index (χ2n) is 4.32. The van der Waals surface area contributed by atoms with Gasteiger partial charge < -0.3 is 19.6 Å². The number of sulfonamides is 1. The third kappa shape index (κ3) is 5.40. The molecule has 8 heteroatoms. The van der Waals surface area contributed by atoms with E-state index < -0.39 is 10.0 Å². The summed E-state index contributed by atoms with van der Waals surface area (Å²) in [6.45, 7) is 5.77. The van der Waals surface area contributed by atoms with Gasteiger partial charge in [-0.1, -0.05) is 0 Å². The normalized spacial score (nSPS) is 12.2. The number of aromatic amines is 1. The van der Waals surface area contributed by atoms with Crippen LogP contribution in [0.2, 0.25) is 0 Å². The van der Waals surface area contributed by atoms with Crippen molar-refractivity contribution in [2.75, 3.05) is 39.5 Å². The fourth-order valence-electron chi connectivity index (χ4n) is 1.78. The Bertz CT molecular complexity index is 490. The van der Waals surface area contributed by atoms with Crippen molar-refractivity contribution in [3.05, 3.63) is 18.0 Å². The van der Waals surface area contributed by atoms with Gasteiger partial charge in [0.25, 0.3) is 0 Å². The first-order valence-electron chi connectivity index (χ1n) is 7.00. The van der Waals surface area contributed by atoms with Gasteiger partial charge >= 0.3 is 0 Å². The molecule has 1 aromatic heterocycles. The number of aliphatic hydroxyl groups is 1. The molecule has 0 fully saturated rings. The van der Waals surface area contributed by atoms with E-state index in [1.807, 2.05) is 13.8 Å². The summed E-state index contributed by atoms with van der Waals surface area (Å²) >= 11 is 0. The monoisotopic (exact) mass is 320 g/mol. The number of nitrogens with one attached hydrogen (secondary N) is 1. The van der Waals surface area contributed by atoms with Crippen molar-refractivity contribution >= 4 is 10.0 Å². The standard InChI is InChI=1S/C13H24N2O5S/c1-3-19-7-5-15(6-8-20-4-2)21(17,18)13-9-12(11-16)14-10-13/h9-10,14,16H,3-8,11H2,1-2H3. The molecule has 0 radical (unpaired) electrons. The Morgan fingerprint density at radius 1 is 1.19 bits per heavy atom. The summed E-state index contributed by atoms with van der Waals surface area (Å²) in [5.74, 6) is 0. The highest BCUT2D eigenvalue weighted by atomic mass is 32.2. The summed E-state index contributed by atoms with van der Waals surface area (Å²) in [5, 5.41) is 9.02. The van der Waals surface area contributed by atoms with Gasteiger partial charge in [0, 0.05) is 38.2 Å². The second-order valence-corrected chi connectivity index (χ2v) is 6.25. The number of hydrogen-bond acceptors (Lipinski definition) is 5. The Morgan fingerprint density at radius 3 is 2.19 bits per heavy atom. The molecule has 0 bridgehead atoms. The molecule has 2 N–H and O–H groups in total. The van der Waals surface area contributed by atoms with Crippen LogP contribution in [-0.2, 0) is 26.1 Å². The molecule has 0 saturated heterocycles. The van der Waals surface area contributed by atoms with Crippen LogP contribution in [0, 0.1) is 0 Å². The maximum absolute atomic E-state index is 12.6. The lowest BCUT2D eigenvalue weighted by atomic mass is 10.5. The molecule has 1 aromatic rings. The SMILES string of the molecule is CCOCCN(CCOCC)S(=O)(=O)c1c[nH]c(CO)c1. The van der Waals surface area contributed by atoms with E-state index in [0.29, 0.717) is 32.1 Å². The van der Waals surface area contributed by atoms with Crippen molar-refractivity contribution < 1.29 is 23.0 Å². The summed E-state index contributed by atoms with van der Waals surface area (Å²) in [6, 6.07) is 1.43. The lowest BCUT2D eigenvalue weighted by Crippen LogP contribution is -2.36. The van der Waals surface area contributed by atoms with E-state index in [1.54, 1.807) is 0 Å². The minimum atomic E-state index is -3.62. The molecule has 0 amide bonds. The summed E-state index contributed by atoms with van der Waals surface area (Å²) in [5.41, 5.74) is 0.461. The van der Waals surface area contributed by atoms with Crippen LogP contribution in [0.25, 0.3) is 0 Å². The van der Waals surface area contributed by atoms with Crippen LogP contribution in [0.15, 0.2) is 17.2 Å². The first-order valence-corrected chi connectivity index (χ1v) is 8.44. The molecule has 0 unspecified atom stereocenters. The molecule has 0 aliphatic carbocycles. The Kier molecular flexibility index (Phi) is 7.91. The van der Waals surface area contributed by atoms with Crippen molar-refractivity contribution in [1.29, 1.82) is 0 Å². The van der Waals surface area contributed by atoms with Crippen LogP contribution in [0.3, 0.4) is 0 Å². The molecular formula is C13H24N2O5S. The predicted molar refractivity (Wildman–Crippen MR) is 78.5 cm³/mol. The first kappa shape index (κ1) is 18.1. The molecule has 122 valence electrons. The largest absolute Gasteiger partial charge is 0.390 e. The Hall–Kier alpha value is -0.930. The number of rotatable bonds is 11. The minimum Gasteiger partial charge on any atom is -0.390 e. The molecular weight excluding hydrogens is 296 g/mol. The van der Waals surface area contributed by atoms with Gasteiger partial charge in [-0.25, -0.2) is 8.42 Å². The summed E-state index contributed by atoms with van der Waals surface area (Å²) in [4.78, 5) is 2.87. The summed E-state index contributed by atoms with van der Waals surface area (Å²) in [7, 11) is -3.62. The highest BCUT2D eigenvalue weighted by Gasteiger charge is 2.25. The fraction of sp³-hybridized carbons (Fsp3) is 0.692. The van der Waals surface area contributed by atoms with Crippen LogP contribution in [0.1, 0.15) is 19.5 Å². The highest BCUT2D eigenvalue weighted by Crippen LogP contribution is 2.16. The zero-order chi connectivity index (χ0) is 15.7. The number of aromatic nitrogens is 1. The number of hydrogen-bond donors (Lipinski definition) is 2. The lowest BCUT2D eigenvalue weighted by molar-refractivity contribution is 0.110. The fourth-order valence-corrected chi connectivity index (χ4v) is 3.21. The molecule has 0 aliphatic rings. The van der Waals surface area contributed by atoms with Gasteiger partial charge in [0.05, 0.1) is 24.7 Å². The molecule has 21 heavy (non-hydrogen) atoms. The van der Waals surface area contributed by atoms with Gasteiger partial charge in [-0.05, 0) is 19.9 Å². The van der Waals surface area contributed by atoms with Crippen LogP contribution in [-0.4, -0.2) is 62.3 Å². The molecule has 1 rings (SSSR count). The number of H-pyrrole nitrogens is 1. The quantitative estimate of drug-likeness (QED) is 0.582. The zero-order valence-electron chi connectivity index (χ0n) is 12.5. The Labute approximate surface area is 125 Å². The third-order valence-electron chi connectivity index (χ3n) is 2.90. The minimum absolute atomic E-state index is 0.138. The smallest absolute Gasteiger partial charge is 0.244 e. The maximum Gasteiger partial charge on any atom is 0.244 e. The van der Waals surface area contributed by atoms with E-state index >= 15 is 0 Å². The molecule has 7 nitrogen and oxygen atoms in total. The molecule has 0 saturated carbocycles. The van der Waals surface area contributed by atoms with Gasteiger partial charge in [-0.3, -0.25) is 0 Å². The van der Waals surface area contributed by atoms with Crippen molar-refractivity contribution in [3.8, 4) is 0 Å². The molecule has 0 aromatic carbocycles. The predicted octanol–water partition coefficient (Wildman–Crippen LogP) is 0.571. The molecule has 0 atom stereocenters. The van der Waals surface area contributed by atoms with E-state index in [0.717, 1.165) is 0 Å². The number of aliphatic hydroxyl groups excluding tert-OH is 1. The molecule has 0 aliphatic heterocycles. The number of nitrogens with zero attached hydrogens (tertiary/aromatic N) is 1. The highest BCUT2D eigenvalue weighted by molar-refractivity contribution is 7.89. The lowest BCUT2D eigenvalue weighted by Gasteiger charge is -2.21. The molecule has 0 spiro atoms. The Morgan fingerprint density at radius 2 is 1.76 bits per heavy atom. The molecule has 1 heterocycles. The average Bonchev–Trinajstić information content (AvgIpc) is 2.95. The van der Waals surface area contributed by atoms with Crippen LogP contribution in [0.5, 0.6) is 0 Å². The van der Waals surface area contributed by atoms with Crippen molar-refractivity contribution in [2.45, 2.75) is 25.3 Å². The van der Waals surface area contributed by atoms with Gasteiger partial charge in [-0.2, -0.15) is 4.31 Å². The summed E-state index contributed by atoms with van der Waals surface area (Å²) < 4.78 is 36.9. The second kappa shape index (κ2) is 9.16. The first-order chi connectivity index (χ1) is 10.1. The van der Waals surface area contributed by atoms with E-state index in [1.165, 1.54) is 16.6 Å². The average molecular weight is 320 g/mol. The zero-order valence-corrected chi connectivity index (χ0v) is 13.4. The summed E-state index contributed by atoms with van der Waals surface area (Å²) in [6.07, 6.45) is 1.38. The third-order valence-corrected chi connectivity index (χ3v) is 4.78. The van der Waals surface area contributed by atoms with Gasteiger partial charge in [0.1, 0.15) is 0 Å². The number of ether oxygens (including phenoxy) is 2. The van der Waals surface area contributed by atoms with E-state index in [9.17, 15) is 8.42 Å². The van der Waals surface area contributed by atoms with Gasteiger partial charge in [0.15, 0.2) is 0 Å². The van der Waals surface area contributed by atoms with E-state index in [4.69, 9.17) is 14.6 Å². The van der Waals surface area contributed by atoms with E-state index in [2.05, 4.69) is 4.98 Å². The van der Waals surface area contributed by atoms with E-state index in [-0.39, 0.29) is 24.6 Å². The van der Waals surface area contributed by atoms with Crippen LogP contribution in [0.4, 0.5) is 0 Å². The van der Waals surface area contributed by atoms with Crippen molar-refractivity contribution in [1.82, 2.24) is 9.29 Å². The Balaban J connectivity index is 2.81. The van der Waals surface area contributed by atoms with Crippen LogP contribution < -0.4 is 0 Å². The van der Waals surface area contributed by atoms with Crippen molar-refractivity contribution in [2.24, 2.45) is 0 Å². The van der Waals surface area contributed by atoms with Crippen molar-refractivity contribution in [3.63, 3.8) is 0 Å². The van der Waals surface area contributed by atoms with Gasteiger partial charge in [-0.15, -0.1) is 0 Å².